The van der Waals surface area contributed by atoms with Crippen molar-refractivity contribution in [3.8, 4) is 0 Å². The first-order valence-corrected chi connectivity index (χ1v) is 8.97. The van der Waals surface area contributed by atoms with Crippen molar-refractivity contribution < 1.29 is 19.2 Å². The number of carbonyl (C=O) groups excluding carboxylic acids is 1. The van der Waals surface area contributed by atoms with Gasteiger partial charge in [-0.3, -0.25) is 9.59 Å². The molecule has 1 aliphatic carbocycles. The highest BCUT2D eigenvalue weighted by molar-refractivity contribution is 5.92. The highest BCUT2D eigenvalue weighted by Gasteiger charge is 2.31. The molecule has 0 aromatic carbocycles. The third kappa shape index (κ3) is 2.99. The summed E-state index contributed by atoms with van der Waals surface area (Å²) in [5.41, 5.74) is 4.34. The lowest BCUT2D eigenvalue weighted by molar-refractivity contribution is -0.136. The van der Waals surface area contributed by atoms with Gasteiger partial charge in [0.05, 0.1) is 6.42 Å². The van der Waals surface area contributed by atoms with Crippen molar-refractivity contribution in [2.45, 2.75) is 38.6 Å². The molecule has 0 saturated heterocycles. The van der Waals surface area contributed by atoms with Crippen LogP contribution in [0.3, 0.4) is 0 Å². The van der Waals surface area contributed by atoms with Gasteiger partial charge in [0, 0.05) is 43.0 Å². The van der Waals surface area contributed by atoms with Crippen molar-refractivity contribution in [1.29, 1.82) is 0 Å². The standard InChI is InChI=1S/C20H21N3O4/c1-12-9-16(21-27-12)20(26)22(2)13-6-7-14-15(11-19(24)25)17-5-3-4-8-23(17)18(14)10-13/h3-5,8-9,13H,6-7,10-11H2,1-2H3,(H,24,25)/t13-/m1/s1. The minimum absolute atomic E-state index is 0.0144. The predicted molar refractivity (Wildman–Crippen MR) is 97.9 cm³/mol. The number of aliphatic carboxylic acids is 1. The highest BCUT2D eigenvalue weighted by atomic mass is 16.5. The monoisotopic (exact) mass is 367 g/mol. The minimum atomic E-state index is -0.829. The first-order valence-electron chi connectivity index (χ1n) is 8.97. The minimum Gasteiger partial charge on any atom is -0.481 e. The molecule has 140 valence electrons. The topological polar surface area (TPSA) is 88.0 Å². The molecule has 1 N–H and O–H groups in total. The fraction of sp³-hybridized carbons (Fsp3) is 0.350. The van der Waals surface area contributed by atoms with Gasteiger partial charge in [-0.25, -0.2) is 0 Å². The summed E-state index contributed by atoms with van der Waals surface area (Å²) in [6.07, 6.45) is 4.19. The molecule has 7 nitrogen and oxygen atoms in total. The van der Waals surface area contributed by atoms with Crippen LogP contribution in [0, 0.1) is 6.92 Å². The number of aromatic nitrogens is 2. The van der Waals surface area contributed by atoms with E-state index in [1.165, 1.54) is 0 Å². The Balaban J connectivity index is 1.67. The number of hydrogen-bond donors (Lipinski definition) is 1. The summed E-state index contributed by atoms with van der Waals surface area (Å²) in [4.78, 5) is 25.8. The van der Waals surface area contributed by atoms with Gasteiger partial charge in [-0.15, -0.1) is 0 Å². The summed E-state index contributed by atoms with van der Waals surface area (Å²) in [6.45, 7) is 1.76. The van der Waals surface area contributed by atoms with E-state index in [0.29, 0.717) is 17.9 Å². The molecule has 0 saturated carbocycles. The smallest absolute Gasteiger partial charge is 0.307 e. The number of amides is 1. The Bertz CT molecular complexity index is 1030. The van der Waals surface area contributed by atoms with Crippen molar-refractivity contribution >= 4 is 17.4 Å². The average Bonchev–Trinajstić information content (AvgIpc) is 3.22. The van der Waals surface area contributed by atoms with Crippen molar-refractivity contribution in [3.63, 3.8) is 0 Å². The third-order valence-corrected chi connectivity index (χ3v) is 5.37. The number of carbonyl (C=O) groups is 2. The largest absolute Gasteiger partial charge is 0.481 e. The van der Waals surface area contributed by atoms with Gasteiger partial charge < -0.3 is 18.9 Å². The van der Waals surface area contributed by atoms with Gasteiger partial charge in [-0.1, -0.05) is 11.2 Å². The molecule has 3 heterocycles. The molecule has 0 unspecified atom stereocenters. The highest BCUT2D eigenvalue weighted by Crippen LogP contribution is 2.32. The summed E-state index contributed by atoms with van der Waals surface area (Å²) >= 11 is 0. The lowest BCUT2D eigenvalue weighted by Crippen LogP contribution is -2.41. The van der Waals surface area contributed by atoms with Gasteiger partial charge in [0.2, 0.25) is 0 Å². The zero-order valence-electron chi connectivity index (χ0n) is 15.3. The summed E-state index contributed by atoms with van der Waals surface area (Å²) in [5, 5.41) is 13.1. The van der Waals surface area contributed by atoms with Gasteiger partial charge in [0.15, 0.2) is 5.69 Å². The first kappa shape index (κ1) is 17.3. The number of nitrogens with zero attached hydrogens (tertiary/aromatic N) is 3. The Morgan fingerprint density at radius 3 is 2.93 bits per heavy atom. The van der Waals surface area contributed by atoms with Crippen LogP contribution in [0.4, 0.5) is 0 Å². The Kier molecular flexibility index (Phi) is 4.22. The van der Waals surface area contributed by atoms with E-state index in [1.54, 1.807) is 24.9 Å². The van der Waals surface area contributed by atoms with Crippen LogP contribution in [0.2, 0.25) is 0 Å². The second-order valence-electron chi connectivity index (χ2n) is 7.07. The van der Waals surface area contributed by atoms with Crippen LogP contribution in [0.25, 0.3) is 5.52 Å². The SMILES string of the molecule is Cc1cc(C(=O)N(C)[C@@H]2CCc3c(CC(=O)O)c4ccccn4c3C2)no1. The maximum atomic E-state index is 12.7. The molecular formula is C20H21N3O4. The number of pyridine rings is 1. The van der Waals surface area contributed by atoms with Gasteiger partial charge >= 0.3 is 5.97 Å². The second-order valence-corrected chi connectivity index (χ2v) is 7.07. The van der Waals surface area contributed by atoms with Crippen LogP contribution in [0.1, 0.15) is 39.5 Å². The van der Waals surface area contributed by atoms with Crippen LogP contribution in [0.15, 0.2) is 35.0 Å². The summed E-state index contributed by atoms with van der Waals surface area (Å²) < 4.78 is 7.09. The molecule has 4 rings (SSSR count). The molecule has 0 bridgehead atoms. The quantitative estimate of drug-likeness (QED) is 0.765. The average molecular weight is 367 g/mol. The Morgan fingerprint density at radius 1 is 1.41 bits per heavy atom. The maximum absolute atomic E-state index is 12.7. The summed E-state index contributed by atoms with van der Waals surface area (Å²) in [5.74, 6) is -0.384. The molecular weight excluding hydrogens is 346 g/mol. The zero-order chi connectivity index (χ0) is 19.1. The van der Waals surface area contributed by atoms with E-state index < -0.39 is 5.97 Å². The number of fused-ring (bicyclic) bond motifs is 3. The van der Waals surface area contributed by atoms with E-state index >= 15 is 0 Å². The lowest BCUT2D eigenvalue weighted by Gasteiger charge is -2.31. The van der Waals surface area contributed by atoms with E-state index in [4.69, 9.17) is 4.52 Å². The maximum Gasteiger partial charge on any atom is 0.307 e. The van der Waals surface area contributed by atoms with Crippen LogP contribution < -0.4 is 0 Å². The number of carboxylic acids is 1. The number of rotatable bonds is 4. The van der Waals surface area contributed by atoms with Crippen molar-refractivity contribution in [2.24, 2.45) is 0 Å². The normalized spacial score (nSPS) is 16.3. The molecule has 0 radical (unpaired) electrons. The fourth-order valence-corrected chi connectivity index (χ4v) is 4.04. The lowest BCUT2D eigenvalue weighted by atomic mass is 9.89. The van der Waals surface area contributed by atoms with Gasteiger partial charge in [0.25, 0.3) is 5.91 Å². The van der Waals surface area contributed by atoms with Crippen molar-refractivity contribution in [3.05, 3.63) is 58.7 Å². The Morgan fingerprint density at radius 2 is 2.22 bits per heavy atom. The molecule has 1 atom stereocenters. The molecule has 0 fully saturated rings. The molecule has 27 heavy (non-hydrogen) atoms. The van der Waals surface area contributed by atoms with E-state index in [1.807, 2.05) is 24.4 Å². The number of aryl methyl sites for hydroxylation is 1. The van der Waals surface area contributed by atoms with Crippen molar-refractivity contribution in [1.82, 2.24) is 14.5 Å². The molecule has 0 spiro atoms. The van der Waals surface area contributed by atoms with Crippen LogP contribution in [-0.4, -0.2) is 44.5 Å². The molecule has 0 aliphatic heterocycles. The Labute approximate surface area is 156 Å². The zero-order valence-corrected chi connectivity index (χ0v) is 15.3. The van der Waals surface area contributed by atoms with Crippen LogP contribution >= 0.6 is 0 Å². The second kappa shape index (κ2) is 6.57. The van der Waals surface area contributed by atoms with Gasteiger partial charge in [-0.2, -0.15) is 0 Å². The van der Waals surface area contributed by atoms with E-state index in [2.05, 4.69) is 9.56 Å². The van der Waals surface area contributed by atoms with E-state index in [-0.39, 0.29) is 18.4 Å². The summed E-state index contributed by atoms with van der Waals surface area (Å²) in [7, 11) is 1.79. The van der Waals surface area contributed by atoms with Gasteiger partial charge in [-0.05, 0) is 43.0 Å². The van der Waals surface area contributed by atoms with Crippen LogP contribution in [-0.2, 0) is 24.1 Å². The summed E-state index contributed by atoms with van der Waals surface area (Å²) in [6, 6.07) is 7.49. The molecule has 3 aromatic rings. The van der Waals surface area contributed by atoms with Crippen molar-refractivity contribution in [2.75, 3.05) is 7.05 Å². The van der Waals surface area contributed by atoms with E-state index in [9.17, 15) is 14.7 Å². The fourth-order valence-electron chi connectivity index (χ4n) is 4.04. The molecule has 1 amide bonds. The molecule has 3 aromatic heterocycles. The molecule has 7 heteroatoms. The molecule has 1 aliphatic rings. The number of likely N-dealkylation sites (N-methyl/N-ethyl adjacent to an activating group) is 1. The third-order valence-electron chi connectivity index (χ3n) is 5.37. The number of hydrogen-bond acceptors (Lipinski definition) is 4. The predicted octanol–water partition coefficient (Wildman–Crippen LogP) is 2.49. The number of carboxylic acid groups (broad SMARTS) is 1. The van der Waals surface area contributed by atoms with E-state index in [0.717, 1.165) is 35.2 Å². The van der Waals surface area contributed by atoms with Gasteiger partial charge in [0.1, 0.15) is 5.76 Å². The first-order chi connectivity index (χ1) is 13.0. The van der Waals surface area contributed by atoms with Crippen LogP contribution in [0.5, 0.6) is 0 Å². The Hall–Kier alpha value is -3.09.